The zero-order valence-corrected chi connectivity index (χ0v) is 11.9. The van der Waals surface area contributed by atoms with Crippen molar-refractivity contribution >= 4 is 18.0 Å². The van der Waals surface area contributed by atoms with Gasteiger partial charge in [-0.15, -0.1) is 0 Å². The maximum Gasteiger partial charge on any atom is 0.341 e. The number of ether oxygens (including phenoxy) is 2. The minimum absolute atomic E-state index is 0.213. The molecule has 1 aromatic carbocycles. The molecule has 0 N–H and O–H groups in total. The van der Waals surface area contributed by atoms with Gasteiger partial charge >= 0.3 is 11.9 Å². The molecule has 108 valence electrons. The van der Waals surface area contributed by atoms with Crippen LogP contribution < -0.4 is 0 Å². The van der Waals surface area contributed by atoms with Gasteiger partial charge in [-0.1, -0.05) is 12.1 Å². The summed E-state index contributed by atoms with van der Waals surface area (Å²) in [5, 5.41) is 0. The summed E-state index contributed by atoms with van der Waals surface area (Å²) in [7, 11) is 1.16. The Kier molecular flexibility index (Phi) is 5.02. The van der Waals surface area contributed by atoms with Gasteiger partial charge < -0.3 is 9.47 Å². The third-order valence-electron chi connectivity index (χ3n) is 2.24. The van der Waals surface area contributed by atoms with Crippen molar-refractivity contribution in [1.29, 1.82) is 0 Å². The van der Waals surface area contributed by atoms with Gasteiger partial charge in [-0.25, -0.2) is 14.0 Å². The number of carbonyl (C=O) groups excluding carboxylic acids is 2. The molecule has 1 aromatic rings. The first-order valence-corrected chi connectivity index (χ1v) is 6.02. The number of hydrogen-bond acceptors (Lipinski definition) is 4. The Morgan fingerprint density at radius 2 is 1.90 bits per heavy atom. The van der Waals surface area contributed by atoms with Crippen molar-refractivity contribution in [3.8, 4) is 0 Å². The summed E-state index contributed by atoms with van der Waals surface area (Å²) in [6, 6.07) is 4.10. The Balaban J connectivity index is 3.01. The second-order valence-corrected chi connectivity index (χ2v) is 5.06. The molecule has 0 amide bonds. The number of rotatable bonds is 3. The van der Waals surface area contributed by atoms with E-state index >= 15 is 0 Å². The third kappa shape index (κ3) is 4.50. The third-order valence-corrected chi connectivity index (χ3v) is 2.24. The van der Waals surface area contributed by atoms with Crippen LogP contribution in [0.25, 0.3) is 6.08 Å². The van der Waals surface area contributed by atoms with Gasteiger partial charge in [-0.3, -0.25) is 0 Å². The van der Waals surface area contributed by atoms with Crippen LogP contribution in [0.5, 0.6) is 0 Å². The van der Waals surface area contributed by atoms with E-state index in [-0.39, 0.29) is 11.1 Å². The summed E-state index contributed by atoms with van der Waals surface area (Å²) < 4.78 is 23.2. The first-order valence-electron chi connectivity index (χ1n) is 6.02. The van der Waals surface area contributed by atoms with Crippen LogP contribution in [0.4, 0.5) is 4.39 Å². The molecule has 1 rings (SSSR count). The molecule has 0 heterocycles. The Bertz CT molecular complexity index is 541. The molecule has 5 heteroatoms. The Morgan fingerprint density at radius 1 is 1.25 bits per heavy atom. The van der Waals surface area contributed by atoms with Crippen molar-refractivity contribution in [2.45, 2.75) is 26.4 Å². The molecule has 0 aromatic heterocycles. The topological polar surface area (TPSA) is 52.6 Å². The quantitative estimate of drug-likeness (QED) is 0.631. The highest BCUT2D eigenvalue weighted by Crippen LogP contribution is 2.17. The summed E-state index contributed by atoms with van der Waals surface area (Å²) in [5.41, 5.74) is -0.577. The van der Waals surface area contributed by atoms with Crippen LogP contribution in [0.3, 0.4) is 0 Å². The van der Waals surface area contributed by atoms with Gasteiger partial charge in [0.25, 0.3) is 0 Å². The Morgan fingerprint density at radius 3 is 2.45 bits per heavy atom. The van der Waals surface area contributed by atoms with E-state index in [0.29, 0.717) is 0 Å². The number of methoxy groups -OCH3 is 1. The highest BCUT2D eigenvalue weighted by molar-refractivity contribution is 5.96. The number of esters is 2. The van der Waals surface area contributed by atoms with Crippen LogP contribution in [-0.2, 0) is 14.3 Å². The largest absolute Gasteiger partial charge is 0.465 e. The predicted octanol–water partition coefficient (Wildman–Crippen LogP) is 2.97. The van der Waals surface area contributed by atoms with Crippen LogP contribution in [0.15, 0.2) is 24.3 Å². The zero-order valence-electron chi connectivity index (χ0n) is 11.9. The lowest BCUT2D eigenvalue weighted by molar-refractivity contribution is -0.148. The number of carbonyl (C=O) groups is 2. The first kappa shape index (κ1) is 15.9. The second-order valence-electron chi connectivity index (χ2n) is 5.06. The van der Waals surface area contributed by atoms with E-state index in [1.165, 1.54) is 18.2 Å². The first-order chi connectivity index (χ1) is 9.24. The number of halogens is 1. The van der Waals surface area contributed by atoms with Gasteiger partial charge in [0.05, 0.1) is 7.11 Å². The number of benzene rings is 1. The molecule has 0 bridgehead atoms. The second kappa shape index (κ2) is 6.32. The molecule has 0 aliphatic carbocycles. The molecule has 20 heavy (non-hydrogen) atoms. The van der Waals surface area contributed by atoms with Crippen molar-refractivity contribution in [2.75, 3.05) is 7.11 Å². The predicted molar refractivity (Wildman–Crippen MR) is 72.6 cm³/mol. The zero-order chi connectivity index (χ0) is 15.3. The number of hydrogen-bond donors (Lipinski definition) is 0. The highest BCUT2D eigenvalue weighted by atomic mass is 19.1. The maximum atomic E-state index is 13.6. The van der Waals surface area contributed by atoms with E-state index in [1.807, 2.05) is 0 Å². The van der Waals surface area contributed by atoms with E-state index in [1.54, 1.807) is 20.8 Å². The van der Waals surface area contributed by atoms with Gasteiger partial charge in [0.1, 0.15) is 17.0 Å². The van der Waals surface area contributed by atoms with Crippen molar-refractivity contribution in [3.63, 3.8) is 0 Å². The van der Waals surface area contributed by atoms with E-state index < -0.39 is 23.4 Å². The minimum atomic E-state index is -0.799. The van der Waals surface area contributed by atoms with E-state index in [9.17, 15) is 14.0 Å². The minimum Gasteiger partial charge on any atom is -0.465 e. The lowest BCUT2D eigenvalue weighted by Crippen LogP contribution is -2.22. The summed E-state index contributed by atoms with van der Waals surface area (Å²) >= 11 is 0. The molecular formula is C15H17FO4. The normalized spacial score (nSPS) is 11.4. The van der Waals surface area contributed by atoms with Crippen molar-refractivity contribution in [3.05, 3.63) is 41.2 Å². The fraction of sp³-hybridized carbons (Fsp3) is 0.333. The van der Waals surface area contributed by atoms with E-state index in [4.69, 9.17) is 4.74 Å². The standard InChI is InChI=1S/C15H17FO4/c1-15(2,3)20-12(17)9-8-10-6-5-7-11(16)13(10)14(18)19-4/h5-9H,1-4H3. The summed E-state index contributed by atoms with van der Waals surface area (Å²) in [4.78, 5) is 23.1. The summed E-state index contributed by atoms with van der Waals surface area (Å²) in [6.07, 6.45) is 2.47. The Hall–Kier alpha value is -2.17. The van der Waals surface area contributed by atoms with E-state index in [2.05, 4.69) is 4.74 Å². The van der Waals surface area contributed by atoms with Crippen molar-refractivity contribution < 1.29 is 23.5 Å². The van der Waals surface area contributed by atoms with Crippen molar-refractivity contribution in [1.82, 2.24) is 0 Å². The lowest BCUT2D eigenvalue weighted by Gasteiger charge is -2.17. The van der Waals surface area contributed by atoms with Crippen LogP contribution in [0, 0.1) is 5.82 Å². The average molecular weight is 280 g/mol. The fourth-order valence-electron chi connectivity index (χ4n) is 1.49. The smallest absolute Gasteiger partial charge is 0.341 e. The molecule has 0 unspecified atom stereocenters. The van der Waals surface area contributed by atoms with Crippen molar-refractivity contribution in [2.24, 2.45) is 0 Å². The molecule has 0 saturated heterocycles. The monoisotopic (exact) mass is 280 g/mol. The molecule has 4 nitrogen and oxygen atoms in total. The molecule has 0 saturated carbocycles. The molecule has 0 fully saturated rings. The van der Waals surface area contributed by atoms with Crippen LogP contribution in [-0.4, -0.2) is 24.6 Å². The van der Waals surface area contributed by atoms with Crippen LogP contribution >= 0.6 is 0 Å². The van der Waals surface area contributed by atoms with Gasteiger partial charge in [0.15, 0.2) is 0 Å². The van der Waals surface area contributed by atoms with Gasteiger partial charge in [-0.2, -0.15) is 0 Å². The van der Waals surface area contributed by atoms with Crippen LogP contribution in [0.2, 0.25) is 0 Å². The van der Waals surface area contributed by atoms with Crippen LogP contribution in [0.1, 0.15) is 36.7 Å². The molecule has 0 spiro atoms. The maximum absolute atomic E-state index is 13.6. The molecule has 0 aliphatic heterocycles. The fourth-order valence-corrected chi connectivity index (χ4v) is 1.49. The van der Waals surface area contributed by atoms with Gasteiger partial charge in [-0.05, 0) is 38.5 Å². The van der Waals surface area contributed by atoms with E-state index in [0.717, 1.165) is 19.3 Å². The summed E-state index contributed by atoms with van der Waals surface area (Å²) in [6.45, 7) is 5.21. The van der Waals surface area contributed by atoms with Gasteiger partial charge in [0, 0.05) is 6.08 Å². The summed E-state index contributed by atoms with van der Waals surface area (Å²) in [5.74, 6) is -2.08. The molecule has 0 radical (unpaired) electrons. The molecule has 0 atom stereocenters. The molecule has 0 aliphatic rings. The Labute approximate surface area is 117 Å². The molecular weight excluding hydrogens is 263 g/mol. The SMILES string of the molecule is COC(=O)c1c(F)cccc1C=CC(=O)OC(C)(C)C. The van der Waals surface area contributed by atoms with Gasteiger partial charge in [0.2, 0.25) is 0 Å². The average Bonchev–Trinajstić information content (AvgIpc) is 2.33. The lowest BCUT2D eigenvalue weighted by atomic mass is 10.1. The highest BCUT2D eigenvalue weighted by Gasteiger charge is 2.17.